The number of hydrogen-bond acceptors (Lipinski definition) is 7. The standard InChI is InChI=1S/C20H38N6O2S2/c1-7-24(8-2)17(27)13-29-19-22-23-20(26(19)21)30-14-18(28)25(11-9-15(3)4)12-10-16(5)6/h15-16H,7-14,21H2,1-6H3. The van der Waals surface area contributed by atoms with E-state index in [0.29, 0.717) is 35.2 Å². The van der Waals surface area contributed by atoms with E-state index in [1.54, 1.807) is 4.90 Å². The van der Waals surface area contributed by atoms with E-state index in [-0.39, 0.29) is 23.3 Å². The molecule has 0 saturated carbocycles. The first-order chi connectivity index (χ1) is 14.2. The summed E-state index contributed by atoms with van der Waals surface area (Å²) in [6, 6.07) is 0. The van der Waals surface area contributed by atoms with Gasteiger partial charge < -0.3 is 15.6 Å². The number of rotatable bonds is 14. The molecule has 0 aromatic carbocycles. The Hall–Kier alpha value is -1.42. The molecule has 1 aromatic rings. The van der Waals surface area contributed by atoms with Gasteiger partial charge in [0.05, 0.1) is 11.5 Å². The smallest absolute Gasteiger partial charge is 0.233 e. The molecule has 0 unspecified atom stereocenters. The summed E-state index contributed by atoms with van der Waals surface area (Å²) in [7, 11) is 0. The molecule has 30 heavy (non-hydrogen) atoms. The van der Waals surface area contributed by atoms with Crippen molar-refractivity contribution >= 4 is 35.3 Å². The quantitative estimate of drug-likeness (QED) is 0.338. The van der Waals surface area contributed by atoms with Crippen molar-refractivity contribution in [1.29, 1.82) is 0 Å². The number of nitrogen functional groups attached to an aromatic ring is 1. The van der Waals surface area contributed by atoms with Crippen LogP contribution in [0.5, 0.6) is 0 Å². The molecule has 1 rings (SSSR count). The molecular formula is C20H38N6O2S2. The van der Waals surface area contributed by atoms with E-state index in [9.17, 15) is 9.59 Å². The molecule has 0 aliphatic carbocycles. The van der Waals surface area contributed by atoms with Gasteiger partial charge >= 0.3 is 0 Å². The maximum absolute atomic E-state index is 12.8. The zero-order chi connectivity index (χ0) is 22.7. The predicted molar refractivity (Wildman–Crippen MR) is 125 cm³/mol. The highest BCUT2D eigenvalue weighted by Gasteiger charge is 2.19. The third-order valence-electron chi connectivity index (χ3n) is 4.70. The first kappa shape index (κ1) is 26.6. The number of nitrogens with two attached hydrogens (primary N) is 1. The normalized spacial score (nSPS) is 11.3. The average Bonchev–Trinajstić information content (AvgIpc) is 3.04. The maximum atomic E-state index is 12.8. The van der Waals surface area contributed by atoms with Crippen LogP contribution in [-0.2, 0) is 9.59 Å². The molecule has 0 radical (unpaired) electrons. The number of carbonyl (C=O) groups is 2. The van der Waals surface area contributed by atoms with Crippen molar-refractivity contribution in [1.82, 2.24) is 24.7 Å². The van der Waals surface area contributed by atoms with Crippen molar-refractivity contribution in [3.8, 4) is 0 Å². The molecule has 172 valence electrons. The van der Waals surface area contributed by atoms with E-state index in [4.69, 9.17) is 5.84 Å². The Morgan fingerprint density at radius 1 is 0.867 bits per heavy atom. The monoisotopic (exact) mass is 458 g/mol. The van der Waals surface area contributed by atoms with Gasteiger partial charge in [-0.2, -0.15) is 0 Å². The fourth-order valence-corrected chi connectivity index (χ4v) is 4.24. The van der Waals surface area contributed by atoms with Crippen molar-refractivity contribution < 1.29 is 9.59 Å². The van der Waals surface area contributed by atoms with Crippen LogP contribution in [0.3, 0.4) is 0 Å². The Balaban J connectivity index is 2.63. The number of carbonyl (C=O) groups excluding carboxylic acids is 2. The minimum atomic E-state index is 0.0447. The Labute approximate surface area is 189 Å². The van der Waals surface area contributed by atoms with Crippen LogP contribution >= 0.6 is 23.5 Å². The van der Waals surface area contributed by atoms with E-state index in [1.165, 1.54) is 28.2 Å². The van der Waals surface area contributed by atoms with Gasteiger partial charge in [0, 0.05) is 26.2 Å². The highest BCUT2D eigenvalue weighted by Crippen LogP contribution is 2.21. The van der Waals surface area contributed by atoms with Crippen molar-refractivity contribution in [2.45, 2.75) is 64.7 Å². The molecule has 8 nitrogen and oxygen atoms in total. The molecular weight excluding hydrogens is 420 g/mol. The van der Waals surface area contributed by atoms with Crippen LogP contribution in [-0.4, -0.2) is 74.2 Å². The molecule has 0 spiro atoms. The first-order valence-corrected chi connectivity index (χ1v) is 12.7. The van der Waals surface area contributed by atoms with Gasteiger partial charge in [-0.1, -0.05) is 51.2 Å². The van der Waals surface area contributed by atoms with Gasteiger partial charge in [0.1, 0.15) is 0 Å². The van der Waals surface area contributed by atoms with Crippen LogP contribution in [0.25, 0.3) is 0 Å². The highest BCUT2D eigenvalue weighted by atomic mass is 32.2. The number of amides is 2. The molecule has 2 amide bonds. The van der Waals surface area contributed by atoms with Crippen LogP contribution in [0, 0.1) is 11.8 Å². The fraction of sp³-hybridized carbons (Fsp3) is 0.800. The van der Waals surface area contributed by atoms with E-state index in [1.807, 2.05) is 18.7 Å². The van der Waals surface area contributed by atoms with Gasteiger partial charge in [-0.15, -0.1) is 10.2 Å². The zero-order valence-electron chi connectivity index (χ0n) is 19.3. The van der Waals surface area contributed by atoms with Crippen LogP contribution in [0.1, 0.15) is 54.4 Å². The summed E-state index contributed by atoms with van der Waals surface area (Å²) < 4.78 is 1.37. The molecule has 2 N–H and O–H groups in total. The molecule has 0 aliphatic rings. The molecule has 1 aromatic heterocycles. The van der Waals surface area contributed by atoms with E-state index in [0.717, 1.165) is 25.9 Å². The highest BCUT2D eigenvalue weighted by molar-refractivity contribution is 8.00. The summed E-state index contributed by atoms with van der Waals surface area (Å²) in [5, 5.41) is 9.12. The Morgan fingerprint density at radius 2 is 1.27 bits per heavy atom. The predicted octanol–water partition coefficient (Wildman–Crippen LogP) is 2.97. The minimum absolute atomic E-state index is 0.0447. The fourth-order valence-electron chi connectivity index (χ4n) is 2.66. The Kier molecular flexibility index (Phi) is 12.2. The van der Waals surface area contributed by atoms with Crippen LogP contribution < -0.4 is 5.84 Å². The van der Waals surface area contributed by atoms with Gasteiger partial charge in [0.25, 0.3) is 0 Å². The number of thioether (sulfide) groups is 2. The van der Waals surface area contributed by atoms with Crippen molar-refractivity contribution in [3.05, 3.63) is 0 Å². The van der Waals surface area contributed by atoms with Crippen LogP contribution in [0.4, 0.5) is 0 Å². The van der Waals surface area contributed by atoms with Gasteiger partial charge in [-0.25, -0.2) is 4.68 Å². The average molecular weight is 459 g/mol. The molecule has 0 aliphatic heterocycles. The third kappa shape index (κ3) is 9.16. The summed E-state index contributed by atoms with van der Waals surface area (Å²) in [6.45, 7) is 15.5. The van der Waals surface area contributed by atoms with Gasteiger partial charge in [-0.05, 0) is 38.5 Å². The molecule has 10 heteroatoms. The molecule has 0 saturated heterocycles. The SMILES string of the molecule is CCN(CC)C(=O)CSc1nnc(SCC(=O)N(CCC(C)C)CCC(C)C)n1N. The Bertz CT molecular complexity index is 650. The van der Waals surface area contributed by atoms with Gasteiger partial charge in [-0.3, -0.25) is 9.59 Å². The van der Waals surface area contributed by atoms with E-state index >= 15 is 0 Å². The summed E-state index contributed by atoms with van der Waals surface area (Å²) in [4.78, 5) is 28.6. The first-order valence-electron chi connectivity index (χ1n) is 10.7. The topological polar surface area (TPSA) is 97.4 Å². The zero-order valence-corrected chi connectivity index (χ0v) is 20.9. The molecule has 0 bridgehead atoms. The number of aromatic nitrogens is 3. The number of hydrogen-bond donors (Lipinski definition) is 1. The maximum Gasteiger partial charge on any atom is 0.233 e. The summed E-state index contributed by atoms with van der Waals surface area (Å²) in [5.74, 6) is 7.87. The van der Waals surface area contributed by atoms with Crippen molar-refractivity contribution in [2.24, 2.45) is 11.8 Å². The Morgan fingerprint density at radius 3 is 1.63 bits per heavy atom. The van der Waals surface area contributed by atoms with Crippen molar-refractivity contribution in [2.75, 3.05) is 43.5 Å². The van der Waals surface area contributed by atoms with Crippen LogP contribution in [0.15, 0.2) is 10.3 Å². The summed E-state index contributed by atoms with van der Waals surface area (Å²) in [5.41, 5.74) is 0. The van der Waals surface area contributed by atoms with Gasteiger partial charge in [0.2, 0.25) is 22.1 Å². The second-order valence-corrected chi connectivity index (χ2v) is 9.91. The summed E-state index contributed by atoms with van der Waals surface area (Å²) >= 11 is 2.55. The molecule has 1 heterocycles. The second-order valence-electron chi connectivity index (χ2n) is 8.02. The van der Waals surface area contributed by atoms with E-state index < -0.39 is 0 Å². The second kappa shape index (κ2) is 13.8. The van der Waals surface area contributed by atoms with Gasteiger partial charge in [0.15, 0.2) is 0 Å². The lowest BCUT2D eigenvalue weighted by Gasteiger charge is -2.24. The molecule has 0 fully saturated rings. The lowest BCUT2D eigenvalue weighted by Crippen LogP contribution is -2.35. The lowest BCUT2D eigenvalue weighted by molar-refractivity contribution is -0.129. The van der Waals surface area contributed by atoms with Crippen molar-refractivity contribution in [3.63, 3.8) is 0 Å². The minimum Gasteiger partial charge on any atom is -0.343 e. The van der Waals surface area contributed by atoms with Crippen LogP contribution in [0.2, 0.25) is 0 Å². The number of nitrogens with zero attached hydrogens (tertiary/aromatic N) is 5. The largest absolute Gasteiger partial charge is 0.343 e. The summed E-state index contributed by atoms with van der Waals surface area (Å²) in [6.07, 6.45) is 1.98. The lowest BCUT2D eigenvalue weighted by atomic mass is 10.1. The molecule has 0 atom stereocenters. The third-order valence-corrected chi connectivity index (χ3v) is 6.56. The van der Waals surface area contributed by atoms with E-state index in [2.05, 4.69) is 37.9 Å².